The number of hydrogen-bond acceptors (Lipinski definition) is 1. The van der Waals surface area contributed by atoms with Crippen LogP contribution in [0.3, 0.4) is 0 Å². The second-order valence-electron chi connectivity index (χ2n) is 5.25. The van der Waals surface area contributed by atoms with Crippen LogP contribution in [0.2, 0.25) is 0 Å². The van der Waals surface area contributed by atoms with Crippen LogP contribution in [0.15, 0.2) is 36.4 Å². The first-order valence-electron chi connectivity index (χ1n) is 7.33. The molecule has 0 aliphatic carbocycles. The van der Waals surface area contributed by atoms with E-state index in [1.54, 1.807) is 0 Å². The van der Waals surface area contributed by atoms with Crippen LogP contribution in [0.4, 0.5) is 14.5 Å². The zero-order chi connectivity index (χ0) is 16.1. The van der Waals surface area contributed by atoms with E-state index in [-0.39, 0.29) is 24.3 Å². The molecule has 0 aliphatic heterocycles. The zero-order valence-electron chi connectivity index (χ0n) is 12.7. The minimum absolute atomic E-state index is 0.109. The Morgan fingerprint density at radius 2 is 1.91 bits per heavy atom. The summed E-state index contributed by atoms with van der Waals surface area (Å²) in [6, 6.07) is 9.13. The molecule has 0 radical (unpaired) electrons. The number of amides is 1. The van der Waals surface area contributed by atoms with Gasteiger partial charge in [0, 0.05) is 12.1 Å². The van der Waals surface area contributed by atoms with Gasteiger partial charge >= 0.3 is 0 Å². The molecule has 0 bridgehead atoms. The largest absolute Gasteiger partial charge is 0.326 e. The molecule has 22 heavy (non-hydrogen) atoms. The number of nitrogens with one attached hydrogen (secondary N) is 1. The van der Waals surface area contributed by atoms with E-state index in [2.05, 4.69) is 5.32 Å². The van der Waals surface area contributed by atoms with E-state index in [9.17, 15) is 13.6 Å². The lowest BCUT2D eigenvalue weighted by Gasteiger charge is -2.13. The van der Waals surface area contributed by atoms with Gasteiger partial charge in [-0.2, -0.15) is 0 Å². The highest BCUT2D eigenvalue weighted by atomic mass is 19.1. The standard InChI is InChI=1S/C18H19F2NO/c1-3-13-6-4-5-12(2)18(13)21-17(22)10-7-14-11-15(19)8-9-16(14)20/h4-6,8-9,11H,3,7,10H2,1-2H3,(H,21,22). The van der Waals surface area contributed by atoms with Gasteiger partial charge in [0.15, 0.2) is 0 Å². The maximum absolute atomic E-state index is 13.5. The molecule has 0 fully saturated rings. The van der Waals surface area contributed by atoms with Gasteiger partial charge in [0.25, 0.3) is 0 Å². The number of hydrogen-bond donors (Lipinski definition) is 1. The van der Waals surface area contributed by atoms with E-state index in [1.807, 2.05) is 32.0 Å². The Bertz CT molecular complexity index is 683. The van der Waals surface area contributed by atoms with Gasteiger partial charge in [-0.15, -0.1) is 0 Å². The summed E-state index contributed by atoms with van der Waals surface area (Å²) < 4.78 is 26.6. The normalized spacial score (nSPS) is 10.5. The number of carbonyl (C=O) groups excluding carboxylic acids is 1. The van der Waals surface area contributed by atoms with Gasteiger partial charge in [-0.3, -0.25) is 4.79 Å². The SMILES string of the molecule is CCc1cccc(C)c1NC(=O)CCc1cc(F)ccc1F. The quantitative estimate of drug-likeness (QED) is 0.871. The molecular formula is C18H19F2NO. The number of benzene rings is 2. The van der Waals surface area contributed by atoms with Crippen molar-refractivity contribution < 1.29 is 13.6 Å². The Balaban J connectivity index is 2.03. The van der Waals surface area contributed by atoms with Crippen molar-refractivity contribution >= 4 is 11.6 Å². The summed E-state index contributed by atoms with van der Waals surface area (Å²) in [5, 5.41) is 2.88. The highest BCUT2D eigenvalue weighted by Crippen LogP contribution is 2.21. The monoisotopic (exact) mass is 303 g/mol. The van der Waals surface area contributed by atoms with Gasteiger partial charge in [0.2, 0.25) is 5.91 Å². The highest BCUT2D eigenvalue weighted by Gasteiger charge is 2.10. The number of halogens is 2. The third-order valence-corrected chi connectivity index (χ3v) is 3.63. The fourth-order valence-corrected chi connectivity index (χ4v) is 2.39. The van der Waals surface area contributed by atoms with Crippen molar-refractivity contribution in [3.05, 3.63) is 64.7 Å². The third kappa shape index (κ3) is 3.91. The number of aryl methyl sites for hydroxylation is 3. The lowest BCUT2D eigenvalue weighted by Crippen LogP contribution is -2.15. The first-order valence-corrected chi connectivity index (χ1v) is 7.33. The van der Waals surface area contributed by atoms with Crippen LogP contribution in [0.25, 0.3) is 0 Å². The summed E-state index contributed by atoms with van der Waals surface area (Å²) in [5.41, 5.74) is 3.08. The molecule has 0 aromatic heterocycles. The molecule has 4 heteroatoms. The van der Waals surface area contributed by atoms with E-state index in [4.69, 9.17) is 0 Å². The van der Waals surface area contributed by atoms with Gasteiger partial charge in [-0.25, -0.2) is 8.78 Å². The molecular weight excluding hydrogens is 284 g/mol. The van der Waals surface area contributed by atoms with Gasteiger partial charge in [0.1, 0.15) is 11.6 Å². The summed E-state index contributed by atoms with van der Waals surface area (Å²) >= 11 is 0. The predicted molar refractivity (Wildman–Crippen MR) is 83.9 cm³/mol. The number of para-hydroxylation sites is 1. The molecule has 0 atom stereocenters. The molecule has 0 heterocycles. The van der Waals surface area contributed by atoms with Gasteiger partial charge < -0.3 is 5.32 Å². The fourth-order valence-electron chi connectivity index (χ4n) is 2.39. The van der Waals surface area contributed by atoms with Crippen molar-refractivity contribution in [2.75, 3.05) is 5.32 Å². The maximum Gasteiger partial charge on any atom is 0.224 e. The second kappa shape index (κ2) is 7.16. The van der Waals surface area contributed by atoms with Gasteiger partial charge in [0.05, 0.1) is 0 Å². The Morgan fingerprint density at radius 3 is 2.64 bits per heavy atom. The van der Waals surface area contributed by atoms with Crippen LogP contribution in [-0.4, -0.2) is 5.91 Å². The third-order valence-electron chi connectivity index (χ3n) is 3.63. The summed E-state index contributed by atoms with van der Waals surface area (Å²) in [5.74, 6) is -1.18. The van der Waals surface area contributed by atoms with Gasteiger partial charge in [-0.05, 0) is 54.7 Å². The van der Waals surface area contributed by atoms with Crippen molar-refractivity contribution in [1.82, 2.24) is 0 Å². The average Bonchev–Trinajstić information content (AvgIpc) is 2.50. The number of anilines is 1. The minimum Gasteiger partial charge on any atom is -0.326 e. The average molecular weight is 303 g/mol. The van der Waals surface area contributed by atoms with E-state index >= 15 is 0 Å². The Labute approximate surface area is 129 Å². The molecule has 0 saturated carbocycles. The van der Waals surface area contributed by atoms with E-state index in [1.165, 1.54) is 0 Å². The Hall–Kier alpha value is -2.23. The molecule has 1 amide bonds. The molecule has 0 spiro atoms. The fraction of sp³-hybridized carbons (Fsp3) is 0.278. The molecule has 1 N–H and O–H groups in total. The minimum atomic E-state index is -0.496. The molecule has 0 unspecified atom stereocenters. The Kier molecular flexibility index (Phi) is 5.26. The van der Waals surface area contributed by atoms with Crippen LogP contribution in [-0.2, 0) is 17.6 Å². The van der Waals surface area contributed by atoms with Crippen LogP contribution in [0.1, 0.15) is 30.0 Å². The molecule has 2 rings (SSSR count). The van der Waals surface area contributed by atoms with Crippen LogP contribution < -0.4 is 5.32 Å². The van der Waals surface area contributed by atoms with Gasteiger partial charge in [-0.1, -0.05) is 25.1 Å². The molecule has 2 aromatic carbocycles. The summed E-state index contributed by atoms with van der Waals surface area (Å²) in [4.78, 5) is 12.1. The summed E-state index contributed by atoms with van der Waals surface area (Å²) in [7, 11) is 0. The maximum atomic E-state index is 13.5. The molecule has 2 aromatic rings. The summed E-state index contributed by atoms with van der Waals surface area (Å²) in [6.07, 6.45) is 1.09. The van der Waals surface area contributed by atoms with Crippen LogP contribution in [0.5, 0.6) is 0 Å². The van der Waals surface area contributed by atoms with E-state index in [0.29, 0.717) is 0 Å². The molecule has 0 aliphatic rings. The lowest BCUT2D eigenvalue weighted by molar-refractivity contribution is -0.116. The predicted octanol–water partition coefficient (Wildman–Crippen LogP) is 4.41. The molecule has 2 nitrogen and oxygen atoms in total. The number of rotatable bonds is 5. The lowest BCUT2D eigenvalue weighted by atomic mass is 10.0. The summed E-state index contributed by atoms with van der Waals surface area (Å²) in [6.45, 7) is 3.95. The topological polar surface area (TPSA) is 29.1 Å². The smallest absolute Gasteiger partial charge is 0.224 e. The zero-order valence-corrected chi connectivity index (χ0v) is 12.7. The van der Waals surface area contributed by atoms with Crippen molar-refractivity contribution in [1.29, 1.82) is 0 Å². The van der Waals surface area contributed by atoms with E-state index in [0.717, 1.165) is 41.4 Å². The molecule has 116 valence electrons. The van der Waals surface area contributed by atoms with Crippen LogP contribution >= 0.6 is 0 Å². The second-order valence-corrected chi connectivity index (χ2v) is 5.25. The number of carbonyl (C=O) groups is 1. The molecule has 0 saturated heterocycles. The van der Waals surface area contributed by atoms with Crippen LogP contribution in [0, 0.1) is 18.6 Å². The van der Waals surface area contributed by atoms with E-state index < -0.39 is 11.6 Å². The highest BCUT2D eigenvalue weighted by molar-refractivity contribution is 5.92. The van der Waals surface area contributed by atoms with Crippen molar-refractivity contribution in [2.45, 2.75) is 33.1 Å². The first-order chi connectivity index (χ1) is 10.5. The Morgan fingerprint density at radius 1 is 1.14 bits per heavy atom. The van der Waals surface area contributed by atoms with Crippen molar-refractivity contribution in [3.8, 4) is 0 Å². The van der Waals surface area contributed by atoms with Crippen molar-refractivity contribution in [2.24, 2.45) is 0 Å². The first kappa shape index (κ1) is 16.1. The van der Waals surface area contributed by atoms with Crippen molar-refractivity contribution in [3.63, 3.8) is 0 Å².